The molecule has 2 aromatic carbocycles. The number of halogens is 1. The van der Waals surface area contributed by atoms with Crippen LogP contribution in [0, 0.1) is 34.7 Å². The maximum atomic E-state index is 14.4. The molecule has 0 saturated heterocycles. The number of hydrogen-bond acceptors (Lipinski definition) is 10. The minimum atomic E-state index is -2.27. The molecule has 4 atom stereocenters. The lowest BCUT2D eigenvalue weighted by Crippen LogP contribution is -2.52. The van der Waals surface area contributed by atoms with Gasteiger partial charge in [-0.3, -0.25) is 19.7 Å². The predicted octanol–water partition coefficient (Wildman–Crippen LogP) is 10.4. The molecule has 2 aromatic rings. The summed E-state index contributed by atoms with van der Waals surface area (Å²) in [5.41, 5.74) is 0.491. The molecule has 0 spiro atoms. The van der Waals surface area contributed by atoms with Crippen LogP contribution in [-0.4, -0.2) is 133 Å². The molecule has 68 heavy (non-hydrogen) atoms. The number of ether oxygens (including phenoxy) is 3. The molecule has 0 bridgehead atoms. The quantitative estimate of drug-likeness (QED) is 0.101. The first kappa shape index (κ1) is 59.4. The summed E-state index contributed by atoms with van der Waals surface area (Å²) in [6.45, 7) is 37.0. The van der Waals surface area contributed by atoms with Crippen molar-refractivity contribution in [1.82, 2.24) is 19.6 Å². The fraction of sp³-hybridized carbons (Fsp3) is 0.686. The second-order valence-electron chi connectivity index (χ2n) is 22.5. The predicted molar refractivity (Wildman–Crippen MR) is 268 cm³/mol. The molecule has 3 rings (SSSR count). The van der Waals surface area contributed by atoms with Crippen molar-refractivity contribution >= 4 is 38.0 Å². The molecule has 4 amide bonds. The lowest BCUT2D eigenvalue weighted by Gasteiger charge is -2.43. The topological polar surface area (TPSA) is 161 Å². The van der Waals surface area contributed by atoms with E-state index in [0.717, 1.165) is 29.3 Å². The number of non-ortho nitro benzene ring substituents is 1. The van der Waals surface area contributed by atoms with Crippen LogP contribution in [0.2, 0.25) is 18.1 Å². The van der Waals surface area contributed by atoms with Gasteiger partial charge < -0.3 is 38.2 Å². The van der Waals surface area contributed by atoms with Crippen LogP contribution in [-0.2, 0) is 36.3 Å². The molecular weight excluding hydrogens is 890 g/mol. The van der Waals surface area contributed by atoms with Crippen molar-refractivity contribution in [3.63, 3.8) is 0 Å². The number of carbonyl (C=O) groups excluding carboxylic acids is 4. The van der Waals surface area contributed by atoms with Crippen LogP contribution >= 0.6 is 0 Å². The van der Waals surface area contributed by atoms with Gasteiger partial charge in [-0.25, -0.2) is 14.0 Å². The summed E-state index contributed by atoms with van der Waals surface area (Å²) >= 11 is 0. The Balaban J connectivity index is 0.000000486. The van der Waals surface area contributed by atoms with Gasteiger partial charge in [0.1, 0.15) is 28.9 Å². The van der Waals surface area contributed by atoms with Crippen molar-refractivity contribution in [3.8, 4) is 5.75 Å². The highest BCUT2D eigenvalue weighted by atomic mass is 28.4. The number of amides is 4. The van der Waals surface area contributed by atoms with Gasteiger partial charge in [0.25, 0.3) is 5.69 Å². The molecule has 0 aliphatic carbocycles. The molecule has 1 heterocycles. The lowest BCUT2D eigenvalue weighted by atomic mass is 10.0. The smallest absolute Gasteiger partial charge is 0.410 e. The number of aryl methyl sites for hydroxylation is 1. The molecule has 0 unspecified atom stereocenters. The third-order valence-electron chi connectivity index (χ3n) is 12.1. The van der Waals surface area contributed by atoms with Gasteiger partial charge >= 0.3 is 12.2 Å². The Kier molecular flexibility index (Phi) is 21.1. The van der Waals surface area contributed by atoms with E-state index in [2.05, 4.69) is 40.8 Å². The third kappa shape index (κ3) is 18.6. The van der Waals surface area contributed by atoms with Gasteiger partial charge in [0.15, 0.2) is 8.32 Å². The zero-order chi connectivity index (χ0) is 52.4. The van der Waals surface area contributed by atoms with Crippen molar-refractivity contribution in [2.75, 3.05) is 40.3 Å². The normalized spacial score (nSPS) is 16.8. The van der Waals surface area contributed by atoms with Gasteiger partial charge in [-0.15, -0.1) is 0 Å². The van der Waals surface area contributed by atoms with E-state index in [0.29, 0.717) is 31.8 Å². The first-order chi connectivity index (χ1) is 30.9. The maximum Gasteiger partial charge on any atom is 0.410 e. The number of fused-ring (bicyclic) bond motifs is 1. The Hall–Kier alpha value is -4.77. The van der Waals surface area contributed by atoms with Crippen molar-refractivity contribution in [1.29, 1.82) is 0 Å². The second-order valence-corrected chi connectivity index (χ2v) is 27.3. The van der Waals surface area contributed by atoms with Crippen LogP contribution in [0.25, 0.3) is 0 Å². The summed E-state index contributed by atoms with van der Waals surface area (Å²) in [4.78, 5) is 68.6. The number of hydrogen-bond donors (Lipinski definition) is 0. The molecule has 1 aliphatic rings. The summed E-state index contributed by atoms with van der Waals surface area (Å²) < 4.78 is 38.6. The fourth-order valence-electron chi connectivity index (χ4n) is 7.11. The van der Waals surface area contributed by atoms with Crippen LogP contribution < -0.4 is 4.74 Å². The average molecular weight is 974 g/mol. The average Bonchev–Trinajstić information content (AvgIpc) is 3.22. The van der Waals surface area contributed by atoms with E-state index >= 15 is 0 Å². The number of nitro benzene ring substituents is 1. The van der Waals surface area contributed by atoms with Gasteiger partial charge in [-0.05, 0) is 106 Å². The minimum absolute atomic E-state index is 0.0220. The summed E-state index contributed by atoms with van der Waals surface area (Å²) in [5.74, 6) is -0.345. The van der Waals surface area contributed by atoms with Crippen LogP contribution in [0.15, 0.2) is 36.4 Å². The van der Waals surface area contributed by atoms with Gasteiger partial charge in [-0.1, -0.05) is 52.3 Å². The summed E-state index contributed by atoms with van der Waals surface area (Å²) in [5, 5.41) is 11.1. The van der Waals surface area contributed by atoms with Gasteiger partial charge in [0.05, 0.1) is 30.4 Å². The number of nitrogens with zero attached hydrogens (tertiary/aromatic N) is 5. The lowest BCUT2D eigenvalue weighted by molar-refractivity contribution is -0.385. The highest BCUT2D eigenvalue weighted by Crippen LogP contribution is 2.38. The Morgan fingerprint density at radius 3 is 1.96 bits per heavy atom. The number of rotatable bonds is 14. The Labute approximate surface area is 407 Å². The molecular formula is C51H84FN5O10Si. The van der Waals surface area contributed by atoms with E-state index in [-0.39, 0.29) is 77.2 Å². The fourth-order valence-corrected chi connectivity index (χ4v) is 8.53. The van der Waals surface area contributed by atoms with E-state index in [1.807, 2.05) is 85.4 Å². The standard InChI is InChI=1S/C28H48FN3O6Si.C23H36N2O4/c1-19(2)31(25(33)16-21-15-22(32(35)36)13-14-23(21)29)17-20(3)24(38-39(11,12)28(7,8)9)18-30(10)26(34)37-27(4,5)6;1-15(2)25-13-17(4)20(14-24(8)22(27)29-23(5,6)7)28-19-10-9-16(3)11-18(19)12-21(25)26/h13-15,19-20,24H,16-18H2,1-12H3;9-11,15,17,20H,12-14H2,1-8H3/t20-,24+;17-,20+/m11/s1. The maximum absolute atomic E-state index is 14.4. The van der Waals surface area contributed by atoms with E-state index in [1.54, 1.807) is 44.7 Å². The van der Waals surface area contributed by atoms with Gasteiger partial charge in [-0.2, -0.15) is 0 Å². The van der Waals surface area contributed by atoms with E-state index in [4.69, 9.17) is 18.6 Å². The first-order valence-electron chi connectivity index (χ1n) is 23.8. The van der Waals surface area contributed by atoms with Crippen LogP contribution in [0.4, 0.5) is 19.7 Å². The molecule has 0 fully saturated rings. The van der Waals surface area contributed by atoms with E-state index in [1.165, 1.54) is 4.90 Å². The Morgan fingerprint density at radius 1 is 0.897 bits per heavy atom. The van der Waals surface area contributed by atoms with E-state index in [9.17, 15) is 33.7 Å². The van der Waals surface area contributed by atoms with E-state index < -0.39 is 42.5 Å². The summed E-state index contributed by atoms with van der Waals surface area (Å²) in [6, 6.07) is 9.01. The largest absolute Gasteiger partial charge is 0.488 e. The highest BCUT2D eigenvalue weighted by molar-refractivity contribution is 6.74. The molecule has 15 nitrogen and oxygen atoms in total. The number of likely N-dealkylation sites (N-methyl/N-ethyl adjacent to an activating group) is 2. The highest BCUT2D eigenvalue weighted by Gasteiger charge is 2.42. The molecule has 1 aliphatic heterocycles. The van der Waals surface area contributed by atoms with Crippen molar-refractivity contribution in [3.05, 3.63) is 69.0 Å². The molecule has 17 heteroatoms. The van der Waals surface area contributed by atoms with Crippen LogP contribution in [0.3, 0.4) is 0 Å². The molecule has 384 valence electrons. The zero-order valence-electron chi connectivity index (χ0n) is 44.9. The third-order valence-corrected chi connectivity index (χ3v) is 16.6. The van der Waals surface area contributed by atoms with Crippen molar-refractivity contribution in [2.45, 2.75) is 177 Å². The van der Waals surface area contributed by atoms with Gasteiger partial charge in [0, 0.05) is 80.9 Å². The Morgan fingerprint density at radius 2 is 1.46 bits per heavy atom. The number of nitro groups is 1. The zero-order valence-corrected chi connectivity index (χ0v) is 45.9. The van der Waals surface area contributed by atoms with Gasteiger partial charge in [0.2, 0.25) is 11.8 Å². The monoisotopic (exact) mass is 974 g/mol. The second kappa shape index (κ2) is 24.2. The molecule has 0 N–H and O–H groups in total. The summed E-state index contributed by atoms with van der Waals surface area (Å²) in [6.07, 6.45) is -1.49. The van der Waals surface area contributed by atoms with Crippen molar-refractivity contribution in [2.24, 2.45) is 11.8 Å². The Bertz CT molecular complexity index is 2040. The molecule has 0 radical (unpaired) electrons. The SMILES string of the molecule is CC(C)N(C[C@@H](C)[C@H](CN(C)C(=O)OC(C)(C)C)O[Si](C)(C)C(C)(C)C)C(=O)Cc1cc([N+](=O)[O-])ccc1F.Cc1ccc2c(c1)CC(=O)N(C(C)C)C[C@@H](C)[C@H](CN(C)C(=O)OC(C)(C)C)O2. The minimum Gasteiger partial charge on any atom is -0.488 e. The number of carbonyl (C=O) groups is 4. The molecule has 0 aromatic heterocycles. The van der Waals surface area contributed by atoms with Crippen molar-refractivity contribution < 1.29 is 47.1 Å². The molecule has 0 saturated carbocycles. The van der Waals surface area contributed by atoms with Crippen LogP contribution in [0.1, 0.15) is 121 Å². The number of benzene rings is 2. The van der Waals surface area contributed by atoms with Crippen LogP contribution in [0.5, 0.6) is 5.75 Å². The first-order valence-corrected chi connectivity index (χ1v) is 26.7. The summed E-state index contributed by atoms with van der Waals surface area (Å²) in [7, 11) is 1.12.